The smallest absolute Gasteiger partial charge is 0.410 e. The van der Waals surface area contributed by atoms with Crippen LogP contribution in [0.1, 0.15) is 58.6 Å². The molecule has 0 spiro atoms. The molecule has 0 saturated heterocycles. The summed E-state index contributed by atoms with van der Waals surface area (Å²) in [5.41, 5.74) is 0.746. The minimum Gasteiger partial charge on any atom is -0.444 e. The Morgan fingerprint density at radius 2 is 2.22 bits per heavy atom. The molecule has 2 rings (SSSR count). The molecule has 0 aliphatic heterocycles. The van der Waals surface area contributed by atoms with Gasteiger partial charge >= 0.3 is 6.09 Å². The Labute approximate surface area is 139 Å². The third-order valence-corrected chi connectivity index (χ3v) is 3.83. The van der Waals surface area contributed by atoms with Crippen LogP contribution in [0.25, 0.3) is 0 Å². The Morgan fingerprint density at radius 3 is 2.78 bits per heavy atom. The van der Waals surface area contributed by atoms with Gasteiger partial charge in [-0.05, 0) is 65.1 Å². The molecule has 23 heavy (non-hydrogen) atoms. The van der Waals surface area contributed by atoms with Crippen molar-refractivity contribution < 1.29 is 9.53 Å². The number of amides is 1. The zero-order valence-corrected chi connectivity index (χ0v) is 14.7. The molecule has 1 aliphatic rings. The number of carbonyl (C=O) groups is 1. The molecule has 1 fully saturated rings. The van der Waals surface area contributed by atoms with E-state index in [1.54, 1.807) is 6.20 Å². The van der Waals surface area contributed by atoms with E-state index in [0.717, 1.165) is 32.4 Å². The molecular weight excluding hydrogens is 290 g/mol. The summed E-state index contributed by atoms with van der Waals surface area (Å²) >= 11 is 0. The number of carbonyl (C=O) groups excluding carboxylic acids is 1. The fourth-order valence-electron chi connectivity index (χ4n) is 2.45. The summed E-state index contributed by atoms with van der Waals surface area (Å²) in [6, 6.07) is 4.66. The summed E-state index contributed by atoms with van der Waals surface area (Å²) < 4.78 is 5.51. The van der Waals surface area contributed by atoms with Gasteiger partial charge < -0.3 is 15.0 Å². The van der Waals surface area contributed by atoms with Gasteiger partial charge in [-0.1, -0.05) is 6.07 Å². The van der Waals surface area contributed by atoms with Gasteiger partial charge in [0.15, 0.2) is 0 Å². The van der Waals surface area contributed by atoms with Crippen LogP contribution in [-0.4, -0.2) is 40.7 Å². The fraction of sp³-hybridized carbons (Fsp3) is 0.667. The standard InChI is InChI=1S/C18H29N3O2/c1-14(15-7-5-10-19-13-15)20-11-6-12-21(16-8-9-16)17(22)23-18(2,3)4/h5,7,10,13-14,16,20H,6,8-9,11-12H2,1-4H3. The van der Waals surface area contributed by atoms with Gasteiger partial charge in [0.2, 0.25) is 0 Å². The van der Waals surface area contributed by atoms with Gasteiger partial charge in [-0.15, -0.1) is 0 Å². The largest absolute Gasteiger partial charge is 0.444 e. The number of aromatic nitrogens is 1. The predicted molar refractivity (Wildman–Crippen MR) is 91.2 cm³/mol. The molecule has 1 saturated carbocycles. The molecule has 1 aromatic heterocycles. The van der Waals surface area contributed by atoms with Gasteiger partial charge in [0, 0.05) is 31.0 Å². The van der Waals surface area contributed by atoms with Crippen LogP contribution in [0, 0.1) is 0 Å². The normalized spacial score (nSPS) is 16.0. The van der Waals surface area contributed by atoms with E-state index in [-0.39, 0.29) is 12.1 Å². The summed E-state index contributed by atoms with van der Waals surface area (Å²) in [5, 5.41) is 3.48. The average Bonchev–Trinajstić information content (AvgIpc) is 3.30. The lowest BCUT2D eigenvalue weighted by Crippen LogP contribution is -2.39. The Morgan fingerprint density at radius 1 is 1.48 bits per heavy atom. The van der Waals surface area contributed by atoms with Crippen LogP contribution in [0.15, 0.2) is 24.5 Å². The van der Waals surface area contributed by atoms with Crippen molar-refractivity contribution in [3.8, 4) is 0 Å². The van der Waals surface area contributed by atoms with E-state index < -0.39 is 5.60 Å². The first-order chi connectivity index (χ1) is 10.9. The van der Waals surface area contributed by atoms with Crippen LogP contribution in [0.4, 0.5) is 4.79 Å². The second kappa shape index (κ2) is 7.77. The van der Waals surface area contributed by atoms with E-state index in [1.165, 1.54) is 5.56 Å². The Balaban J connectivity index is 1.73. The van der Waals surface area contributed by atoms with Crippen molar-refractivity contribution in [1.29, 1.82) is 0 Å². The number of rotatable bonds is 7. The summed E-state index contributed by atoms with van der Waals surface area (Å²) in [4.78, 5) is 18.3. The molecule has 1 atom stereocenters. The highest BCUT2D eigenvalue weighted by molar-refractivity contribution is 5.69. The summed E-state index contributed by atoms with van der Waals surface area (Å²) in [5.74, 6) is 0. The molecule has 128 valence electrons. The minimum absolute atomic E-state index is 0.180. The van der Waals surface area contributed by atoms with Gasteiger partial charge in [-0.25, -0.2) is 4.79 Å². The quantitative estimate of drug-likeness (QED) is 0.781. The van der Waals surface area contributed by atoms with Gasteiger partial charge in [0.25, 0.3) is 0 Å². The third kappa shape index (κ3) is 6.18. The maximum absolute atomic E-state index is 12.3. The van der Waals surface area contributed by atoms with Crippen molar-refractivity contribution in [1.82, 2.24) is 15.2 Å². The van der Waals surface area contributed by atoms with Crippen molar-refractivity contribution in [2.24, 2.45) is 0 Å². The molecule has 1 unspecified atom stereocenters. The lowest BCUT2D eigenvalue weighted by atomic mass is 10.1. The first-order valence-electron chi connectivity index (χ1n) is 8.50. The van der Waals surface area contributed by atoms with Gasteiger partial charge in [0.05, 0.1) is 0 Å². The topological polar surface area (TPSA) is 54.5 Å². The fourth-order valence-corrected chi connectivity index (χ4v) is 2.45. The van der Waals surface area contributed by atoms with E-state index >= 15 is 0 Å². The van der Waals surface area contributed by atoms with Crippen LogP contribution in [0.3, 0.4) is 0 Å². The number of nitrogens with zero attached hydrogens (tertiary/aromatic N) is 2. The van der Waals surface area contributed by atoms with Crippen molar-refractivity contribution >= 4 is 6.09 Å². The molecule has 1 amide bonds. The molecule has 1 aromatic rings. The predicted octanol–water partition coefficient (Wildman–Crippen LogP) is 3.52. The zero-order valence-electron chi connectivity index (χ0n) is 14.7. The maximum atomic E-state index is 12.3. The molecule has 0 aromatic carbocycles. The van der Waals surface area contributed by atoms with E-state index in [1.807, 2.05) is 37.9 Å². The van der Waals surface area contributed by atoms with Crippen LogP contribution in [0.5, 0.6) is 0 Å². The SMILES string of the molecule is CC(NCCCN(C(=O)OC(C)(C)C)C1CC1)c1cccnc1. The van der Waals surface area contributed by atoms with Crippen LogP contribution < -0.4 is 5.32 Å². The molecular formula is C18H29N3O2. The van der Waals surface area contributed by atoms with Crippen LogP contribution in [-0.2, 0) is 4.74 Å². The Hall–Kier alpha value is -1.62. The molecule has 0 bridgehead atoms. The van der Waals surface area contributed by atoms with Crippen molar-refractivity contribution in [3.63, 3.8) is 0 Å². The third-order valence-electron chi connectivity index (χ3n) is 3.83. The molecule has 1 N–H and O–H groups in total. The van der Waals surface area contributed by atoms with Crippen molar-refractivity contribution in [2.75, 3.05) is 13.1 Å². The van der Waals surface area contributed by atoms with Crippen LogP contribution in [0.2, 0.25) is 0 Å². The lowest BCUT2D eigenvalue weighted by molar-refractivity contribution is 0.0232. The minimum atomic E-state index is -0.433. The number of nitrogens with one attached hydrogen (secondary N) is 1. The first-order valence-corrected chi connectivity index (χ1v) is 8.50. The monoisotopic (exact) mass is 319 g/mol. The molecule has 1 heterocycles. The van der Waals surface area contributed by atoms with E-state index in [0.29, 0.717) is 6.04 Å². The number of pyridine rings is 1. The molecule has 5 nitrogen and oxygen atoms in total. The van der Waals surface area contributed by atoms with Gasteiger partial charge in [-0.2, -0.15) is 0 Å². The van der Waals surface area contributed by atoms with Crippen molar-refractivity contribution in [3.05, 3.63) is 30.1 Å². The summed E-state index contributed by atoms with van der Waals surface area (Å²) in [6.07, 6.45) is 6.59. The number of hydrogen-bond acceptors (Lipinski definition) is 4. The molecule has 0 radical (unpaired) electrons. The lowest BCUT2D eigenvalue weighted by Gasteiger charge is -2.27. The van der Waals surface area contributed by atoms with Crippen molar-refractivity contribution in [2.45, 2.75) is 64.6 Å². The van der Waals surface area contributed by atoms with Gasteiger partial charge in [0.1, 0.15) is 5.60 Å². The van der Waals surface area contributed by atoms with E-state index in [4.69, 9.17) is 4.74 Å². The zero-order chi connectivity index (χ0) is 16.9. The highest BCUT2D eigenvalue weighted by Gasteiger charge is 2.34. The van der Waals surface area contributed by atoms with E-state index in [2.05, 4.69) is 23.3 Å². The van der Waals surface area contributed by atoms with Crippen LogP contribution >= 0.6 is 0 Å². The average molecular weight is 319 g/mol. The number of ether oxygens (including phenoxy) is 1. The van der Waals surface area contributed by atoms with Gasteiger partial charge in [-0.3, -0.25) is 4.98 Å². The summed E-state index contributed by atoms with van der Waals surface area (Å²) in [7, 11) is 0. The maximum Gasteiger partial charge on any atom is 0.410 e. The highest BCUT2D eigenvalue weighted by atomic mass is 16.6. The Kier molecular flexibility index (Phi) is 5.99. The van der Waals surface area contributed by atoms with E-state index in [9.17, 15) is 4.79 Å². The molecule has 5 heteroatoms. The number of hydrogen-bond donors (Lipinski definition) is 1. The second-order valence-electron chi connectivity index (χ2n) is 7.22. The molecule has 1 aliphatic carbocycles. The highest BCUT2D eigenvalue weighted by Crippen LogP contribution is 2.28. The Bertz CT molecular complexity index is 495. The second-order valence-corrected chi connectivity index (χ2v) is 7.22. The summed E-state index contributed by atoms with van der Waals surface area (Å²) in [6.45, 7) is 9.46. The first kappa shape index (κ1) is 17.7.